The van der Waals surface area contributed by atoms with Crippen molar-refractivity contribution >= 4 is 11.6 Å². The molecule has 4 heteroatoms. The van der Waals surface area contributed by atoms with Gasteiger partial charge in [0.05, 0.1) is 11.4 Å². The Morgan fingerprint density at radius 1 is 1.10 bits per heavy atom. The van der Waals surface area contributed by atoms with Crippen LogP contribution in [0.1, 0.15) is 29.8 Å². The number of aryl methyl sites for hydroxylation is 1. The molecular weight excluding hydrogens is 270 g/mol. The molecule has 1 fully saturated rings. The number of halogens is 1. The first-order valence-electron chi connectivity index (χ1n) is 6.97. The molecule has 1 saturated carbocycles. The van der Waals surface area contributed by atoms with E-state index in [0.717, 1.165) is 29.5 Å². The number of rotatable bonds is 5. The lowest BCUT2D eigenvalue weighted by atomic mass is 10.2. The summed E-state index contributed by atoms with van der Waals surface area (Å²) in [5, 5.41) is 0.788. The molecule has 0 unspecified atom stereocenters. The standard InChI is InChI=1S/C16H18ClN3/c1-12-8-19-15(9-18-12)11-20(16-6-7-16)10-13-2-4-14(17)5-3-13/h2-5,8-9,16H,6-7,10-11H2,1H3. The van der Waals surface area contributed by atoms with E-state index < -0.39 is 0 Å². The van der Waals surface area contributed by atoms with Crippen LogP contribution in [-0.4, -0.2) is 20.9 Å². The maximum atomic E-state index is 5.94. The minimum absolute atomic E-state index is 0.689. The van der Waals surface area contributed by atoms with Crippen LogP contribution in [0.5, 0.6) is 0 Å². The van der Waals surface area contributed by atoms with E-state index in [9.17, 15) is 0 Å². The highest BCUT2D eigenvalue weighted by Gasteiger charge is 2.29. The Bertz CT molecular complexity index is 514. The maximum Gasteiger partial charge on any atom is 0.0727 e. The average molecular weight is 288 g/mol. The van der Waals surface area contributed by atoms with E-state index in [0.29, 0.717) is 6.04 Å². The first kappa shape index (κ1) is 13.5. The zero-order valence-corrected chi connectivity index (χ0v) is 12.3. The van der Waals surface area contributed by atoms with E-state index >= 15 is 0 Å². The van der Waals surface area contributed by atoms with E-state index in [4.69, 9.17) is 11.6 Å². The minimum Gasteiger partial charge on any atom is -0.290 e. The van der Waals surface area contributed by atoms with E-state index in [2.05, 4.69) is 27.0 Å². The van der Waals surface area contributed by atoms with Crippen LogP contribution >= 0.6 is 11.6 Å². The Kier molecular flexibility index (Phi) is 3.99. The third-order valence-corrected chi connectivity index (χ3v) is 3.81. The molecule has 2 aromatic rings. The van der Waals surface area contributed by atoms with E-state index in [1.807, 2.05) is 31.5 Å². The quantitative estimate of drug-likeness (QED) is 0.841. The van der Waals surface area contributed by atoms with Gasteiger partial charge in [0, 0.05) is 36.5 Å². The van der Waals surface area contributed by atoms with Gasteiger partial charge >= 0.3 is 0 Å². The number of benzene rings is 1. The van der Waals surface area contributed by atoms with Crippen LogP contribution in [0, 0.1) is 6.92 Å². The molecule has 0 radical (unpaired) electrons. The van der Waals surface area contributed by atoms with Gasteiger partial charge in [0.25, 0.3) is 0 Å². The molecule has 1 aromatic carbocycles. The SMILES string of the molecule is Cc1cnc(CN(Cc2ccc(Cl)cc2)C2CC2)cn1. The Morgan fingerprint density at radius 2 is 1.85 bits per heavy atom. The number of nitrogens with zero attached hydrogens (tertiary/aromatic N) is 3. The summed E-state index contributed by atoms with van der Waals surface area (Å²) >= 11 is 5.94. The van der Waals surface area contributed by atoms with Gasteiger partial charge in [-0.2, -0.15) is 0 Å². The molecule has 0 N–H and O–H groups in total. The molecule has 0 spiro atoms. The molecule has 1 aromatic heterocycles. The van der Waals surface area contributed by atoms with Crippen LogP contribution in [0.2, 0.25) is 5.02 Å². The molecule has 3 nitrogen and oxygen atoms in total. The highest BCUT2D eigenvalue weighted by atomic mass is 35.5. The lowest BCUT2D eigenvalue weighted by Gasteiger charge is -2.21. The van der Waals surface area contributed by atoms with Crippen molar-refractivity contribution in [3.8, 4) is 0 Å². The smallest absolute Gasteiger partial charge is 0.0727 e. The monoisotopic (exact) mass is 287 g/mol. The van der Waals surface area contributed by atoms with Crippen molar-refractivity contribution in [1.82, 2.24) is 14.9 Å². The van der Waals surface area contributed by atoms with Crippen LogP contribution in [0.4, 0.5) is 0 Å². The van der Waals surface area contributed by atoms with Crippen LogP contribution in [0.3, 0.4) is 0 Å². The molecule has 1 heterocycles. The van der Waals surface area contributed by atoms with Gasteiger partial charge < -0.3 is 0 Å². The summed E-state index contributed by atoms with van der Waals surface area (Å²) in [6, 6.07) is 8.78. The molecule has 1 aliphatic carbocycles. The zero-order valence-electron chi connectivity index (χ0n) is 11.6. The number of hydrogen-bond donors (Lipinski definition) is 0. The Morgan fingerprint density at radius 3 is 2.45 bits per heavy atom. The molecule has 1 aliphatic rings. The fraction of sp³-hybridized carbons (Fsp3) is 0.375. The molecule has 0 aliphatic heterocycles. The van der Waals surface area contributed by atoms with Gasteiger partial charge in [0.1, 0.15) is 0 Å². The molecule has 0 saturated heterocycles. The average Bonchev–Trinajstić information content (AvgIpc) is 3.27. The lowest BCUT2D eigenvalue weighted by molar-refractivity contribution is 0.242. The molecule has 20 heavy (non-hydrogen) atoms. The molecule has 104 valence electrons. The number of hydrogen-bond acceptors (Lipinski definition) is 3. The predicted molar refractivity (Wildman–Crippen MR) is 80.5 cm³/mol. The first-order valence-corrected chi connectivity index (χ1v) is 7.34. The minimum atomic E-state index is 0.689. The maximum absolute atomic E-state index is 5.94. The Hall–Kier alpha value is -1.45. The van der Waals surface area contributed by atoms with Gasteiger partial charge in [0.15, 0.2) is 0 Å². The van der Waals surface area contributed by atoms with Crippen molar-refractivity contribution in [1.29, 1.82) is 0 Å². The van der Waals surface area contributed by atoms with E-state index in [-0.39, 0.29) is 0 Å². The van der Waals surface area contributed by atoms with E-state index in [1.54, 1.807) is 0 Å². The summed E-state index contributed by atoms with van der Waals surface area (Å²) in [6.07, 6.45) is 6.29. The lowest BCUT2D eigenvalue weighted by Crippen LogP contribution is -2.25. The van der Waals surface area contributed by atoms with Crippen molar-refractivity contribution in [2.24, 2.45) is 0 Å². The second-order valence-corrected chi connectivity index (χ2v) is 5.85. The molecule has 0 atom stereocenters. The third-order valence-electron chi connectivity index (χ3n) is 3.56. The van der Waals surface area contributed by atoms with Crippen molar-refractivity contribution in [2.75, 3.05) is 0 Å². The Balaban J connectivity index is 1.69. The predicted octanol–water partition coefficient (Wildman–Crippen LogP) is 3.60. The van der Waals surface area contributed by atoms with Gasteiger partial charge in [-0.25, -0.2) is 0 Å². The molecule has 0 bridgehead atoms. The van der Waals surface area contributed by atoms with Crippen molar-refractivity contribution in [3.63, 3.8) is 0 Å². The largest absolute Gasteiger partial charge is 0.290 e. The summed E-state index contributed by atoms with van der Waals surface area (Å²) < 4.78 is 0. The summed E-state index contributed by atoms with van der Waals surface area (Å²) in [5.74, 6) is 0. The molecule has 3 rings (SSSR count). The highest BCUT2D eigenvalue weighted by molar-refractivity contribution is 6.30. The fourth-order valence-electron chi connectivity index (χ4n) is 2.29. The second-order valence-electron chi connectivity index (χ2n) is 5.41. The third kappa shape index (κ3) is 3.56. The van der Waals surface area contributed by atoms with Gasteiger partial charge in [-0.05, 0) is 37.5 Å². The van der Waals surface area contributed by atoms with Gasteiger partial charge in [0.2, 0.25) is 0 Å². The molecular formula is C16H18ClN3. The Labute approximate surface area is 124 Å². The van der Waals surface area contributed by atoms with Crippen molar-refractivity contribution in [2.45, 2.75) is 38.9 Å². The molecule has 0 amide bonds. The topological polar surface area (TPSA) is 29.0 Å². The fourth-order valence-corrected chi connectivity index (χ4v) is 2.41. The van der Waals surface area contributed by atoms with Crippen molar-refractivity contribution < 1.29 is 0 Å². The van der Waals surface area contributed by atoms with Gasteiger partial charge in [-0.3, -0.25) is 14.9 Å². The highest BCUT2D eigenvalue weighted by Crippen LogP contribution is 2.29. The van der Waals surface area contributed by atoms with Gasteiger partial charge in [-0.1, -0.05) is 23.7 Å². The van der Waals surface area contributed by atoms with Crippen LogP contribution in [0.25, 0.3) is 0 Å². The second kappa shape index (κ2) is 5.90. The van der Waals surface area contributed by atoms with Crippen LogP contribution < -0.4 is 0 Å². The number of aromatic nitrogens is 2. The van der Waals surface area contributed by atoms with E-state index in [1.165, 1.54) is 18.4 Å². The zero-order chi connectivity index (χ0) is 13.9. The normalized spacial score (nSPS) is 14.8. The summed E-state index contributed by atoms with van der Waals surface area (Å²) in [6.45, 7) is 3.76. The van der Waals surface area contributed by atoms with Gasteiger partial charge in [-0.15, -0.1) is 0 Å². The summed E-state index contributed by atoms with van der Waals surface area (Å²) in [5.41, 5.74) is 3.29. The summed E-state index contributed by atoms with van der Waals surface area (Å²) in [7, 11) is 0. The first-order chi connectivity index (χ1) is 9.70. The summed E-state index contributed by atoms with van der Waals surface area (Å²) in [4.78, 5) is 11.3. The van der Waals surface area contributed by atoms with Crippen LogP contribution in [-0.2, 0) is 13.1 Å². The van der Waals surface area contributed by atoms with Crippen molar-refractivity contribution in [3.05, 3.63) is 58.6 Å². The van der Waals surface area contributed by atoms with Crippen LogP contribution in [0.15, 0.2) is 36.7 Å².